The third kappa shape index (κ3) is 3.04. The molecule has 0 aliphatic rings. The number of aromatic amines is 1. The van der Waals surface area contributed by atoms with Crippen molar-refractivity contribution in [2.75, 3.05) is 0 Å². The Morgan fingerprint density at radius 2 is 2.00 bits per heavy atom. The summed E-state index contributed by atoms with van der Waals surface area (Å²) < 4.78 is 4.54. The van der Waals surface area contributed by atoms with Gasteiger partial charge in [0.05, 0.1) is 24.0 Å². The lowest BCUT2D eigenvalue weighted by atomic mass is 10.3. The average Bonchev–Trinajstić information content (AvgIpc) is 3.34. The monoisotopic (exact) mass is 379 g/mol. The Hall–Kier alpha value is -3.49. The van der Waals surface area contributed by atoms with Gasteiger partial charge in [-0.05, 0) is 25.5 Å². The van der Waals surface area contributed by atoms with Gasteiger partial charge in [-0.2, -0.15) is 5.10 Å². The van der Waals surface area contributed by atoms with Crippen LogP contribution in [0.3, 0.4) is 0 Å². The molecule has 0 atom stereocenters. The Kier molecular flexibility index (Phi) is 4.64. The summed E-state index contributed by atoms with van der Waals surface area (Å²) in [7, 11) is 0. The van der Waals surface area contributed by atoms with Crippen molar-refractivity contribution in [1.82, 2.24) is 33.9 Å². The van der Waals surface area contributed by atoms with E-state index in [0.717, 1.165) is 11.3 Å². The smallest absolute Gasteiger partial charge is 0.332 e. The molecule has 4 aromatic heterocycles. The second-order valence-electron chi connectivity index (χ2n) is 6.52. The molecule has 0 spiro atoms. The molecule has 9 heteroatoms. The number of H-pyrrole nitrogens is 1. The molecule has 0 aliphatic heterocycles. The lowest BCUT2D eigenvalue weighted by Crippen LogP contribution is -2.39. The fourth-order valence-electron chi connectivity index (χ4n) is 3.24. The predicted molar refractivity (Wildman–Crippen MR) is 105 cm³/mol. The Morgan fingerprint density at radius 3 is 2.71 bits per heavy atom. The standard InChI is InChI=1S/C19H21N7O2/c1-3-9-26-18(27)15-17(25(4-2)19(26)28)23-16(22-15)13-10-21-24(11-13)12-14-7-5-6-8-20-14/h5-8,10-11H,3-4,9,12H2,1-2H3,(H,22,23). The summed E-state index contributed by atoms with van der Waals surface area (Å²) in [6.07, 6.45) is 5.96. The van der Waals surface area contributed by atoms with E-state index in [4.69, 9.17) is 0 Å². The summed E-state index contributed by atoms with van der Waals surface area (Å²) in [4.78, 5) is 37.3. The second-order valence-corrected chi connectivity index (χ2v) is 6.52. The number of aromatic nitrogens is 7. The summed E-state index contributed by atoms with van der Waals surface area (Å²) in [5.74, 6) is 0.509. The maximum absolute atomic E-state index is 12.7. The van der Waals surface area contributed by atoms with Crippen molar-refractivity contribution in [2.24, 2.45) is 0 Å². The number of imidazole rings is 1. The van der Waals surface area contributed by atoms with Crippen LogP contribution in [0.25, 0.3) is 22.6 Å². The van der Waals surface area contributed by atoms with Crippen LogP contribution in [0.4, 0.5) is 0 Å². The topological polar surface area (TPSA) is 103 Å². The van der Waals surface area contributed by atoms with Gasteiger partial charge in [-0.3, -0.25) is 23.6 Å². The van der Waals surface area contributed by atoms with E-state index in [0.29, 0.717) is 43.0 Å². The van der Waals surface area contributed by atoms with Crippen LogP contribution in [0.2, 0.25) is 0 Å². The number of nitrogens with zero attached hydrogens (tertiary/aromatic N) is 6. The Balaban J connectivity index is 1.77. The molecule has 0 unspecified atom stereocenters. The normalized spacial score (nSPS) is 11.4. The molecule has 0 aliphatic carbocycles. The fourth-order valence-corrected chi connectivity index (χ4v) is 3.24. The van der Waals surface area contributed by atoms with Crippen molar-refractivity contribution in [2.45, 2.75) is 39.9 Å². The van der Waals surface area contributed by atoms with Crippen LogP contribution in [0, 0.1) is 0 Å². The molecule has 0 bridgehead atoms. The molecule has 0 saturated carbocycles. The molecule has 28 heavy (non-hydrogen) atoms. The number of pyridine rings is 1. The molecule has 4 heterocycles. The van der Waals surface area contributed by atoms with E-state index in [1.54, 1.807) is 17.1 Å². The van der Waals surface area contributed by atoms with Crippen LogP contribution in [-0.4, -0.2) is 33.9 Å². The van der Waals surface area contributed by atoms with Crippen LogP contribution >= 0.6 is 0 Å². The SMILES string of the molecule is CCCn1c(=O)c2[nH]c(-c3cnn(Cc4ccccn4)c3)nc2n(CC)c1=O. The van der Waals surface area contributed by atoms with Gasteiger partial charge in [0.2, 0.25) is 0 Å². The van der Waals surface area contributed by atoms with E-state index in [1.807, 2.05) is 38.2 Å². The molecule has 0 aromatic carbocycles. The van der Waals surface area contributed by atoms with Crippen LogP contribution < -0.4 is 11.2 Å². The van der Waals surface area contributed by atoms with Gasteiger partial charge in [-0.1, -0.05) is 13.0 Å². The molecule has 9 nitrogen and oxygen atoms in total. The Bertz CT molecular complexity index is 1230. The lowest BCUT2D eigenvalue weighted by molar-refractivity contribution is 0.572. The van der Waals surface area contributed by atoms with Gasteiger partial charge in [-0.25, -0.2) is 9.78 Å². The highest BCUT2D eigenvalue weighted by atomic mass is 16.2. The maximum atomic E-state index is 12.7. The number of hydrogen-bond donors (Lipinski definition) is 1. The minimum absolute atomic E-state index is 0.328. The summed E-state index contributed by atoms with van der Waals surface area (Å²) >= 11 is 0. The largest absolute Gasteiger partial charge is 0.332 e. The third-order valence-corrected chi connectivity index (χ3v) is 4.58. The molecular weight excluding hydrogens is 358 g/mol. The number of hydrogen-bond acceptors (Lipinski definition) is 5. The van der Waals surface area contributed by atoms with Gasteiger partial charge in [-0.15, -0.1) is 0 Å². The van der Waals surface area contributed by atoms with E-state index in [9.17, 15) is 9.59 Å². The molecule has 0 radical (unpaired) electrons. The minimum atomic E-state index is -0.342. The zero-order valence-electron chi connectivity index (χ0n) is 15.8. The summed E-state index contributed by atoms with van der Waals surface area (Å²) in [5, 5.41) is 4.35. The Morgan fingerprint density at radius 1 is 1.14 bits per heavy atom. The zero-order valence-corrected chi connectivity index (χ0v) is 15.8. The van der Waals surface area contributed by atoms with Crippen molar-refractivity contribution in [3.8, 4) is 11.4 Å². The van der Waals surface area contributed by atoms with Crippen LogP contribution in [0.5, 0.6) is 0 Å². The van der Waals surface area contributed by atoms with E-state index in [-0.39, 0.29) is 11.2 Å². The molecule has 144 valence electrons. The van der Waals surface area contributed by atoms with Gasteiger partial charge in [0.25, 0.3) is 5.56 Å². The number of aryl methyl sites for hydroxylation is 1. The maximum Gasteiger partial charge on any atom is 0.332 e. The van der Waals surface area contributed by atoms with E-state index in [1.165, 1.54) is 9.13 Å². The second kappa shape index (κ2) is 7.26. The molecule has 0 saturated heterocycles. The van der Waals surface area contributed by atoms with Crippen molar-refractivity contribution in [1.29, 1.82) is 0 Å². The number of rotatable bonds is 6. The molecule has 1 N–H and O–H groups in total. The van der Waals surface area contributed by atoms with Crippen LogP contribution in [-0.2, 0) is 19.6 Å². The average molecular weight is 379 g/mol. The van der Waals surface area contributed by atoms with Gasteiger partial charge in [0, 0.05) is 25.5 Å². The van der Waals surface area contributed by atoms with Crippen molar-refractivity contribution < 1.29 is 0 Å². The lowest BCUT2D eigenvalue weighted by Gasteiger charge is -2.07. The first kappa shape index (κ1) is 17.9. The fraction of sp³-hybridized carbons (Fsp3) is 0.316. The van der Waals surface area contributed by atoms with Crippen LogP contribution in [0.15, 0.2) is 46.4 Å². The Labute approximate surface area is 160 Å². The highest BCUT2D eigenvalue weighted by Crippen LogP contribution is 2.18. The van der Waals surface area contributed by atoms with E-state index < -0.39 is 0 Å². The first-order chi connectivity index (χ1) is 13.6. The minimum Gasteiger partial charge on any atom is -0.332 e. The quantitative estimate of drug-likeness (QED) is 0.548. The molecular formula is C19H21N7O2. The summed E-state index contributed by atoms with van der Waals surface area (Å²) in [5.41, 5.74) is 1.67. The van der Waals surface area contributed by atoms with Crippen LogP contribution in [0.1, 0.15) is 26.0 Å². The molecule has 4 aromatic rings. The first-order valence-electron chi connectivity index (χ1n) is 9.28. The zero-order chi connectivity index (χ0) is 19.7. The van der Waals surface area contributed by atoms with E-state index in [2.05, 4.69) is 20.1 Å². The third-order valence-electron chi connectivity index (χ3n) is 4.58. The summed E-state index contributed by atoms with van der Waals surface area (Å²) in [6.45, 7) is 5.14. The van der Waals surface area contributed by atoms with Gasteiger partial charge >= 0.3 is 5.69 Å². The first-order valence-corrected chi connectivity index (χ1v) is 9.28. The van der Waals surface area contributed by atoms with Crippen molar-refractivity contribution in [3.05, 3.63) is 63.3 Å². The predicted octanol–water partition coefficient (Wildman–Crippen LogP) is 1.62. The highest BCUT2D eigenvalue weighted by molar-refractivity contribution is 5.75. The highest BCUT2D eigenvalue weighted by Gasteiger charge is 2.17. The molecule has 0 amide bonds. The van der Waals surface area contributed by atoms with Crippen molar-refractivity contribution in [3.63, 3.8) is 0 Å². The van der Waals surface area contributed by atoms with Gasteiger partial charge in [0.15, 0.2) is 5.65 Å². The number of nitrogens with one attached hydrogen (secondary N) is 1. The van der Waals surface area contributed by atoms with Crippen molar-refractivity contribution >= 4 is 11.2 Å². The van der Waals surface area contributed by atoms with Gasteiger partial charge < -0.3 is 4.98 Å². The molecule has 0 fully saturated rings. The number of fused-ring (bicyclic) bond motifs is 1. The van der Waals surface area contributed by atoms with Gasteiger partial charge in [0.1, 0.15) is 11.3 Å². The van der Waals surface area contributed by atoms with E-state index >= 15 is 0 Å². The molecule has 4 rings (SSSR count). The summed E-state index contributed by atoms with van der Waals surface area (Å²) in [6, 6.07) is 5.72.